The predicted molar refractivity (Wildman–Crippen MR) is 214 cm³/mol. The van der Waals surface area contributed by atoms with Gasteiger partial charge in [0.1, 0.15) is 23.7 Å². The largest absolute Gasteiger partial charge is 0.342 e. The van der Waals surface area contributed by atoms with Crippen LogP contribution in [0.1, 0.15) is 140 Å². The van der Waals surface area contributed by atoms with Gasteiger partial charge in [0, 0.05) is 18.0 Å². The highest BCUT2D eigenvalue weighted by atomic mass is 32.2. The highest BCUT2D eigenvalue weighted by Gasteiger charge is 2.85. The summed E-state index contributed by atoms with van der Waals surface area (Å²) in [5.41, 5.74) is -3.45. The molecule has 5 amide bonds. The van der Waals surface area contributed by atoms with E-state index in [2.05, 4.69) is 53.3 Å². The Balaban J connectivity index is 1.27. The van der Waals surface area contributed by atoms with Crippen molar-refractivity contribution in [2.24, 2.45) is 27.1 Å². The summed E-state index contributed by atoms with van der Waals surface area (Å²) < 4.78 is 27.9. The summed E-state index contributed by atoms with van der Waals surface area (Å²) in [6.07, 6.45) is 10.9. The Bertz CT molecular complexity index is 1740. The molecule has 4 N–H and O–H groups in total. The number of fused-ring (bicyclic) bond motifs is 1. The molecule has 2 saturated heterocycles. The van der Waals surface area contributed by atoms with Crippen molar-refractivity contribution in [3.63, 3.8) is 0 Å². The zero-order chi connectivity index (χ0) is 41.4. The third kappa shape index (κ3) is 7.21. The van der Waals surface area contributed by atoms with Gasteiger partial charge in [-0.25, -0.2) is 8.42 Å². The Morgan fingerprint density at radius 2 is 1.38 bits per heavy atom. The number of carbonyl (C=O) groups is 5. The molecular weight excluding hydrogens is 733 g/mol. The monoisotopic (exact) mass is 800 g/mol. The number of amides is 5. The van der Waals surface area contributed by atoms with Gasteiger partial charge in [-0.05, 0) is 99.8 Å². The molecule has 4 aliphatic carbocycles. The van der Waals surface area contributed by atoms with Gasteiger partial charge in [0.05, 0.1) is 11.3 Å². The molecule has 2 spiro atoms. The van der Waals surface area contributed by atoms with E-state index in [-0.39, 0.29) is 47.1 Å². The van der Waals surface area contributed by atoms with Crippen LogP contribution in [0, 0.1) is 27.1 Å². The molecular formula is C42H68N6O7S. The minimum absolute atomic E-state index is 0.0129. The number of hydrogen-bond acceptors (Lipinski definition) is 8. The van der Waals surface area contributed by atoms with Crippen LogP contribution in [0.25, 0.3) is 0 Å². The number of hydrogen-bond donors (Lipinski definition) is 4. The van der Waals surface area contributed by atoms with Crippen molar-refractivity contribution in [1.82, 2.24) is 30.5 Å². The fourth-order valence-electron chi connectivity index (χ4n) is 10.9. The number of nitrogens with one attached hydrogen (secondary N) is 4. The topological polar surface area (TPSA) is 174 Å². The first-order valence-corrected chi connectivity index (χ1v) is 22.6. The van der Waals surface area contributed by atoms with E-state index in [1.807, 2.05) is 41.5 Å². The second-order valence-corrected chi connectivity index (χ2v) is 22.9. The van der Waals surface area contributed by atoms with E-state index < -0.39 is 73.4 Å². The molecule has 3 saturated carbocycles. The van der Waals surface area contributed by atoms with Gasteiger partial charge < -0.3 is 20.9 Å². The lowest BCUT2D eigenvalue weighted by molar-refractivity contribution is -0.146. The quantitative estimate of drug-likeness (QED) is 0.228. The van der Waals surface area contributed by atoms with E-state index in [0.717, 1.165) is 38.6 Å². The van der Waals surface area contributed by atoms with Gasteiger partial charge in [-0.15, -0.1) is 0 Å². The second kappa shape index (κ2) is 14.4. The van der Waals surface area contributed by atoms with Crippen LogP contribution in [0.2, 0.25) is 0 Å². The summed E-state index contributed by atoms with van der Waals surface area (Å²) >= 11 is 0. The summed E-state index contributed by atoms with van der Waals surface area (Å²) in [6.45, 7) is 21.0. The molecule has 5 fully saturated rings. The SMILES string of the molecule is CC(C)N1CCCC[C@H]1C(=O)N[C@H](C(=O)N[C@H](C(=O)N1C[C@]2(C[C@H]1C(=O)NC1(C(=O)NS(=O)(=O)C3CC3)CC=CC1)C(C)(C)C21CCC1)C(C)(C)C)C(C)(C)C. The van der Waals surface area contributed by atoms with Crippen molar-refractivity contribution < 1.29 is 32.4 Å². The third-order valence-electron chi connectivity index (χ3n) is 14.8. The van der Waals surface area contributed by atoms with Crippen molar-refractivity contribution in [3.8, 4) is 0 Å². The summed E-state index contributed by atoms with van der Waals surface area (Å²) in [6, 6.07) is -3.10. The Labute approximate surface area is 334 Å². The lowest BCUT2D eigenvalue weighted by Gasteiger charge is -2.40. The minimum atomic E-state index is -3.87. The van der Waals surface area contributed by atoms with Crippen molar-refractivity contribution in [3.05, 3.63) is 12.2 Å². The van der Waals surface area contributed by atoms with Crippen molar-refractivity contribution >= 4 is 39.6 Å². The Kier molecular flexibility index (Phi) is 10.9. The number of carbonyl (C=O) groups excluding carboxylic acids is 5. The summed E-state index contributed by atoms with van der Waals surface area (Å²) in [7, 11) is -3.87. The number of likely N-dealkylation sites (tertiary alicyclic amines) is 2. The van der Waals surface area contributed by atoms with Gasteiger partial charge in [0.2, 0.25) is 33.7 Å². The second-order valence-electron chi connectivity index (χ2n) is 20.9. The van der Waals surface area contributed by atoms with Gasteiger partial charge in [-0.2, -0.15) is 0 Å². The highest BCUT2D eigenvalue weighted by Crippen LogP contribution is 2.88. The van der Waals surface area contributed by atoms with Crippen LogP contribution in [0.15, 0.2) is 12.2 Å². The van der Waals surface area contributed by atoms with E-state index in [4.69, 9.17) is 0 Å². The number of rotatable bonds is 11. The first kappa shape index (κ1) is 42.6. The van der Waals surface area contributed by atoms with Crippen molar-refractivity contribution in [2.75, 3.05) is 13.1 Å². The molecule has 2 aliphatic heterocycles. The van der Waals surface area contributed by atoms with Crippen LogP contribution < -0.4 is 20.7 Å². The molecule has 2 heterocycles. The van der Waals surface area contributed by atoms with Crippen LogP contribution >= 0.6 is 0 Å². The van der Waals surface area contributed by atoms with E-state index in [0.29, 0.717) is 32.2 Å². The third-order valence-corrected chi connectivity index (χ3v) is 16.6. The molecule has 14 heteroatoms. The highest BCUT2D eigenvalue weighted by molar-refractivity contribution is 7.91. The molecule has 0 bridgehead atoms. The lowest BCUT2D eigenvalue weighted by Crippen LogP contribution is -2.65. The molecule has 0 unspecified atom stereocenters. The number of sulfonamides is 1. The van der Waals surface area contributed by atoms with Crippen molar-refractivity contribution in [1.29, 1.82) is 0 Å². The van der Waals surface area contributed by atoms with E-state index in [1.165, 1.54) is 0 Å². The van der Waals surface area contributed by atoms with Gasteiger partial charge in [0.15, 0.2) is 0 Å². The molecule has 0 aromatic carbocycles. The number of piperidine rings is 1. The zero-order valence-corrected chi connectivity index (χ0v) is 36.3. The average molecular weight is 801 g/mol. The van der Waals surface area contributed by atoms with E-state index in [1.54, 1.807) is 17.1 Å². The molecule has 5 atom stereocenters. The van der Waals surface area contributed by atoms with Gasteiger partial charge in [0.25, 0.3) is 5.91 Å². The normalized spacial score (nSPS) is 29.1. The van der Waals surface area contributed by atoms with Gasteiger partial charge in [-0.3, -0.25) is 33.6 Å². The number of nitrogens with zero attached hydrogens (tertiary/aromatic N) is 2. The molecule has 314 valence electrons. The maximum absolute atomic E-state index is 15.1. The van der Waals surface area contributed by atoms with Crippen LogP contribution in [0.3, 0.4) is 0 Å². The molecule has 0 aromatic rings. The van der Waals surface area contributed by atoms with Crippen molar-refractivity contribution in [2.45, 2.75) is 181 Å². The van der Waals surface area contributed by atoms with E-state index >= 15 is 4.79 Å². The molecule has 6 rings (SSSR count). The average Bonchev–Trinajstić information content (AvgIpc) is 3.85. The van der Waals surface area contributed by atoms with Crippen LogP contribution in [-0.4, -0.2) is 102 Å². The lowest BCUT2D eigenvalue weighted by atomic mass is 9.73. The molecule has 0 aromatic heterocycles. The first-order valence-electron chi connectivity index (χ1n) is 21.0. The maximum Gasteiger partial charge on any atom is 0.259 e. The first-order chi connectivity index (χ1) is 25.8. The Morgan fingerprint density at radius 3 is 1.88 bits per heavy atom. The standard InChI is InChI=1S/C42H68N6O7S/c1-26(2)47-23-14-11-16-28(47)32(49)43-30(37(3,4)5)34(51)44-31(38(6,7)8)35(52)48-25-42(39(9,10)41(42)21-15-22-41)24-29(48)33(50)45-40(19-12-13-20-40)36(53)46-56(54,55)27-17-18-27/h12-13,26-31H,11,14-25H2,1-10H3,(H,43,49)(H,44,51)(H,45,50)(H,46,53)/t28-,29-,30+,31+,42+/m0/s1. The predicted octanol–water partition coefficient (Wildman–Crippen LogP) is 3.92. The Hall–Kier alpha value is -3.00. The summed E-state index contributed by atoms with van der Waals surface area (Å²) in [5.74, 6) is -2.33. The maximum atomic E-state index is 15.1. The molecule has 0 radical (unpaired) electrons. The van der Waals surface area contributed by atoms with Crippen LogP contribution in [-0.2, 0) is 34.0 Å². The Morgan fingerprint density at radius 1 is 0.768 bits per heavy atom. The van der Waals surface area contributed by atoms with Gasteiger partial charge in [-0.1, -0.05) is 80.4 Å². The smallest absolute Gasteiger partial charge is 0.259 e. The molecule has 6 aliphatic rings. The summed E-state index contributed by atoms with van der Waals surface area (Å²) in [5, 5.41) is 8.51. The molecule has 13 nitrogen and oxygen atoms in total. The fraction of sp³-hybridized carbons (Fsp3) is 0.833. The van der Waals surface area contributed by atoms with Crippen LogP contribution in [0.4, 0.5) is 0 Å². The minimum Gasteiger partial charge on any atom is -0.342 e. The summed E-state index contributed by atoms with van der Waals surface area (Å²) in [4.78, 5) is 75.6. The van der Waals surface area contributed by atoms with E-state index in [9.17, 15) is 27.6 Å². The zero-order valence-electron chi connectivity index (χ0n) is 35.5. The fourth-order valence-corrected chi connectivity index (χ4v) is 12.3. The van der Waals surface area contributed by atoms with Gasteiger partial charge >= 0.3 is 0 Å². The molecule has 56 heavy (non-hydrogen) atoms. The van der Waals surface area contributed by atoms with Crippen LogP contribution in [0.5, 0.6) is 0 Å².